The topological polar surface area (TPSA) is 52.6 Å². The Labute approximate surface area is 137 Å². The third-order valence-corrected chi connectivity index (χ3v) is 5.26. The molecule has 0 saturated carbocycles. The standard InChI is InChI=1S/C18H20O4S/c1-21-17-5-3-4-15-11-14(12-22-18(15)17)10-13-6-8-16(9-7-13)23(2,19)20/h3-9,14H,10-12H2,1-2H3. The highest BCUT2D eigenvalue weighted by atomic mass is 32.2. The molecular weight excluding hydrogens is 312 g/mol. The van der Waals surface area contributed by atoms with Crippen LogP contribution in [0.25, 0.3) is 0 Å². The van der Waals surface area contributed by atoms with Gasteiger partial charge in [-0.1, -0.05) is 24.3 Å². The van der Waals surface area contributed by atoms with E-state index < -0.39 is 9.84 Å². The van der Waals surface area contributed by atoms with Crippen LogP contribution in [-0.2, 0) is 22.7 Å². The SMILES string of the molecule is COc1cccc2c1OCC(Cc1ccc(S(C)(=O)=O)cc1)C2. The predicted octanol–water partition coefficient (Wildman–Crippen LogP) is 2.89. The smallest absolute Gasteiger partial charge is 0.175 e. The average molecular weight is 332 g/mol. The van der Waals surface area contributed by atoms with Crippen LogP contribution in [0.3, 0.4) is 0 Å². The van der Waals surface area contributed by atoms with Crippen LogP contribution in [0.4, 0.5) is 0 Å². The normalized spacial score (nSPS) is 17.2. The van der Waals surface area contributed by atoms with Crippen LogP contribution >= 0.6 is 0 Å². The third kappa shape index (κ3) is 3.50. The number of ether oxygens (including phenoxy) is 2. The number of methoxy groups -OCH3 is 1. The molecule has 1 heterocycles. The van der Waals surface area contributed by atoms with Gasteiger partial charge in [0, 0.05) is 12.2 Å². The van der Waals surface area contributed by atoms with E-state index in [4.69, 9.17) is 9.47 Å². The zero-order valence-corrected chi connectivity index (χ0v) is 14.1. The van der Waals surface area contributed by atoms with Crippen molar-refractivity contribution in [3.05, 3.63) is 53.6 Å². The molecule has 0 spiro atoms. The number of sulfone groups is 1. The molecule has 0 radical (unpaired) electrons. The lowest BCUT2D eigenvalue weighted by Gasteiger charge is -2.26. The lowest BCUT2D eigenvalue weighted by Crippen LogP contribution is -2.23. The Kier molecular flexibility index (Phi) is 4.31. The van der Waals surface area contributed by atoms with Crippen molar-refractivity contribution in [3.8, 4) is 11.5 Å². The number of hydrogen-bond acceptors (Lipinski definition) is 4. The summed E-state index contributed by atoms with van der Waals surface area (Å²) in [7, 11) is -1.49. The monoisotopic (exact) mass is 332 g/mol. The van der Waals surface area contributed by atoms with E-state index in [1.165, 1.54) is 6.26 Å². The zero-order chi connectivity index (χ0) is 16.4. The second-order valence-corrected chi connectivity index (χ2v) is 7.97. The first-order valence-electron chi connectivity index (χ1n) is 7.55. The quantitative estimate of drug-likeness (QED) is 0.864. The summed E-state index contributed by atoms with van der Waals surface area (Å²) in [5.41, 5.74) is 2.28. The van der Waals surface area contributed by atoms with Crippen LogP contribution < -0.4 is 9.47 Å². The Morgan fingerprint density at radius 2 is 1.91 bits per heavy atom. The van der Waals surface area contributed by atoms with Gasteiger partial charge in [-0.15, -0.1) is 0 Å². The van der Waals surface area contributed by atoms with Crippen LogP contribution in [0.1, 0.15) is 11.1 Å². The molecule has 5 heteroatoms. The van der Waals surface area contributed by atoms with Gasteiger partial charge in [0.1, 0.15) is 0 Å². The van der Waals surface area contributed by atoms with Crippen molar-refractivity contribution in [2.45, 2.75) is 17.7 Å². The van der Waals surface area contributed by atoms with Gasteiger partial charge >= 0.3 is 0 Å². The van der Waals surface area contributed by atoms with E-state index in [1.807, 2.05) is 24.3 Å². The minimum atomic E-state index is -3.14. The number of para-hydroxylation sites is 1. The highest BCUT2D eigenvalue weighted by molar-refractivity contribution is 7.90. The van der Waals surface area contributed by atoms with E-state index in [1.54, 1.807) is 19.2 Å². The summed E-state index contributed by atoms with van der Waals surface area (Å²) in [6.07, 6.45) is 3.02. The summed E-state index contributed by atoms with van der Waals surface area (Å²) in [6.45, 7) is 0.640. The summed E-state index contributed by atoms with van der Waals surface area (Å²) in [5.74, 6) is 2.00. The molecule has 2 aromatic rings. The first-order chi connectivity index (χ1) is 11.0. The van der Waals surface area contributed by atoms with Gasteiger partial charge in [-0.05, 0) is 42.2 Å². The highest BCUT2D eigenvalue weighted by Gasteiger charge is 2.22. The molecule has 2 aromatic carbocycles. The molecule has 0 aliphatic carbocycles. The summed E-state index contributed by atoms with van der Waals surface area (Å²) in [5, 5.41) is 0. The molecule has 122 valence electrons. The lowest BCUT2D eigenvalue weighted by molar-refractivity contribution is 0.211. The van der Waals surface area contributed by atoms with E-state index in [9.17, 15) is 8.42 Å². The van der Waals surface area contributed by atoms with Crippen molar-refractivity contribution in [1.29, 1.82) is 0 Å². The van der Waals surface area contributed by atoms with Crippen molar-refractivity contribution < 1.29 is 17.9 Å². The minimum absolute atomic E-state index is 0.358. The Morgan fingerprint density at radius 3 is 2.57 bits per heavy atom. The molecular formula is C18H20O4S. The second-order valence-electron chi connectivity index (χ2n) is 5.95. The van der Waals surface area contributed by atoms with Crippen molar-refractivity contribution in [2.75, 3.05) is 20.0 Å². The van der Waals surface area contributed by atoms with Crippen LogP contribution in [0.5, 0.6) is 11.5 Å². The maximum atomic E-state index is 11.5. The molecule has 0 aromatic heterocycles. The number of rotatable bonds is 4. The van der Waals surface area contributed by atoms with Crippen LogP contribution in [0.2, 0.25) is 0 Å². The first kappa shape index (κ1) is 15.9. The molecule has 0 amide bonds. The van der Waals surface area contributed by atoms with E-state index >= 15 is 0 Å². The number of hydrogen-bond donors (Lipinski definition) is 0. The molecule has 0 fully saturated rings. The molecule has 1 aliphatic rings. The van der Waals surface area contributed by atoms with E-state index in [0.717, 1.165) is 35.5 Å². The number of fused-ring (bicyclic) bond motifs is 1. The maximum absolute atomic E-state index is 11.5. The first-order valence-corrected chi connectivity index (χ1v) is 9.44. The highest BCUT2D eigenvalue weighted by Crippen LogP contribution is 2.36. The van der Waals surface area contributed by atoms with Gasteiger partial charge in [-0.2, -0.15) is 0 Å². The van der Waals surface area contributed by atoms with Gasteiger partial charge in [-0.25, -0.2) is 8.42 Å². The van der Waals surface area contributed by atoms with E-state index in [2.05, 4.69) is 6.07 Å². The van der Waals surface area contributed by atoms with E-state index in [-0.39, 0.29) is 0 Å². The van der Waals surface area contributed by atoms with Crippen molar-refractivity contribution >= 4 is 9.84 Å². The molecule has 0 bridgehead atoms. The van der Waals surface area contributed by atoms with Gasteiger partial charge in [-0.3, -0.25) is 0 Å². The molecule has 3 rings (SSSR count). The summed E-state index contributed by atoms with van der Waals surface area (Å²) >= 11 is 0. The average Bonchev–Trinajstić information content (AvgIpc) is 2.53. The summed E-state index contributed by atoms with van der Waals surface area (Å²) < 4.78 is 34.2. The van der Waals surface area contributed by atoms with Crippen LogP contribution in [-0.4, -0.2) is 28.4 Å². The summed E-state index contributed by atoms with van der Waals surface area (Å²) in [4.78, 5) is 0.358. The lowest BCUT2D eigenvalue weighted by atomic mass is 9.91. The Morgan fingerprint density at radius 1 is 1.17 bits per heavy atom. The van der Waals surface area contributed by atoms with Crippen molar-refractivity contribution in [2.24, 2.45) is 5.92 Å². The van der Waals surface area contributed by atoms with Gasteiger partial charge in [0.2, 0.25) is 0 Å². The molecule has 1 unspecified atom stereocenters. The third-order valence-electron chi connectivity index (χ3n) is 4.13. The van der Waals surface area contributed by atoms with Crippen LogP contribution in [0, 0.1) is 5.92 Å². The Hall–Kier alpha value is -2.01. The van der Waals surface area contributed by atoms with Crippen molar-refractivity contribution in [3.63, 3.8) is 0 Å². The largest absolute Gasteiger partial charge is 0.493 e. The van der Waals surface area contributed by atoms with Crippen LogP contribution in [0.15, 0.2) is 47.4 Å². The van der Waals surface area contributed by atoms with E-state index in [0.29, 0.717) is 17.4 Å². The summed E-state index contributed by atoms with van der Waals surface area (Å²) in [6, 6.07) is 13.1. The second kappa shape index (κ2) is 6.24. The maximum Gasteiger partial charge on any atom is 0.175 e. The molecule has 4 nitrogen and oxygen atoms in total. The predicted molar refractivity (Wildman–Crippen MR) is 88.9 cm³/mol. The van der Waals surface area contributed by atoms with Crippen molar-refractivity contribution in [1.82, 2.24) is 0 Å². The molecule has 1 atom stereocenters. The van der Waals surface area contributed by atoms with Gasteiger partial charge in [0.05, 0.1) is 18.6 Å². The fourth-order valence-electron chi connectivity index (χ4n) is 2.95. The fourth-order valence-corrected chi connectivity index (χ4v) is 3.59. The molecule has 0 N–H and O–H groups in total. The minimum Gasteiger partial charge on any atom is -0.493 e. The Bertz CT molecular complexity index is 794. The van der Waals surface area contributed by atoms with Gasteiger partial charge < -0.3 is 9.47 Å². The molecule has 23 heavy (non-hydrogen) atoms. The number of benzene rings is 2. The zero-order valence-electron chi connectivity index (χ0n) is 13.3. The molecule has 1 aliphatic heterocycles. The van der Waals surface area contributed by atoms with Gasteiger partial charge in [0.25, 0.3) is 0 Å². The molecule has 0 saturated heterocycles. The Balaban J connectivity index is 1.72. The fraction of sp³-hybridized carbons (Fsp3) is 0.333. The van der Waals surface area contributed by atoms with Gasteiger partial charge in [0.15, 0.2) is 21.3 Å².